The predicted octanol–water partition coefficient (Wildman–Crippen LogP) is 3.53. The summed E-state index contributed by atoms with van der Waals surface area (Å²) in [6.45, 7) is 2.33. The zero-order valence-corrected chi connectivity index (χ0v) is 14.3. The molecular formula is C19H19F2N3O2. The molecule has 136 valence electrons. The number of amides is 2. The van der Waals surface area contributed by atoms with Crippen LogP contribution in [-0.2, 0) is 9.59 Å². The average molecular weight is 359 g/mol. The van der Waals surface area contributed by atoms with E-state index in [-0.39, 0.29) is 11.6 Å². The minimum Gasteiger partial charge on any atom is -0.374 e. The molecule has 0 aromatic heterocycles. The van der Waals surface area contributed by atoms with Crippen LogP contribution in [0.2, 0.25) is 0 Å². The van der Waals surface area contributed by atoms with Crippen molar-refractivity contribution in [3.63, 3.8) is 0 Å². The number of nitrogens with one attached hydrogen (secondary N) is 2. The molecule has 1 saturated heterocycles. The van der Waals surface area contributed by atoms with Crippen molar-refractivity contribution < 1.29 is 18.4 Å². The van der Waals surface area contributed by atoms with Gasteiger partial charge >= 0.3 is 0 Å². The van der Waals surface area contributed by atoms with Crippen LogP contribution in [0.1, 0.15) is 19.8 Å². The Morgan fingerprint density at radius 1 is 1.15 bits per heavy atom. The molecule has 2 amide bonds. The lowest BCUT2D eigenvalue weighted by molar-refractivity contribution is -0.117. The largest absolute Gasteiger partial charge is 0.374 e. The Morgan fingerprint density at radius 2 is 1.88 bits per heavy atom. The zero-order chi connectivity index (χ0) is 18.7. The highest BCUT2D eigenvalue weighted by Gasteiger charge is 2.21. The lowest BCUT2D eigenvalue weighted by Crippen LogP contribution is -2.32. The summed E-state index contributed by atoms with van der Waals surface area (Å²) in [6.07, 6.45) is 1.42. The molecule has 0 radical (unpaired) electrons. The zero-order valence-electron chi connectivity index (χ0n) is 14.3. The Labute approximate surface area is 150 Å². The molecule has 1 fully saturated rings. The van der Waals surface area contributed by atoms with Gasteiger partial charge < -0.3 is 15.5 Å². The molecule has 5 nitrogen and oxygen atoms in total. The van der Waals surface area contributed by atoms with Gasteiger partial charge in [-0.05, 0) is 49.7 Å². The Hall–Kier alpha value is -2.96. The van der Waals surface area contributed by atoms with Crippen LogP contribution in [0, 0.1) is 11.6 Å². The summed E-state index contributed by atoms with van der Waals surface area (Å²) in [5.41, 5.74) is 1.30. The molecule has 1 aliphatic heterocycles. The quantitative estimate of drug-likeness (QED) is 0.859. The van der Waals surface area contributed by atoms with Gasteiger partial charge in [-0.25, -0.2) is 8.78 Å². The van der Waals surface area contributed by atoms with Crippen molar-refractivity contribution in [3.8, 4) is 0 Å². The van der Waals surface area contributed by atoms with Crippen LogP contribution in [0.5, 0.6) is 0 Å². The summed E-state index contributed by atoms with van der Waals surface area (Å²) >= 11 is 0. The number of halogens is 2. The van der Waals surface area contributed by atoms with Crippen LogP contribution in [0.25, 0.3) is 0 Å². The summed E-state index contributed by atoms with van der Waals surface area (Å²) in [5.74, 6) is -1.72. The number of hydrogen-bond donors (Lipinski definition) is 2. The smallest absolute Gasteiger partial charge is 0.246 e. The molecule has 0 unspecified atom stereocenters. The maximum absolute atomic E-state index is 13.6. The van der Waals surface area contributed by atoms with Crippen LogP contribution in [0.15, 0.2) is 42.5 Å². The summed E-state index contributed by atoms with van der Waals surface area (Å²) in [7, 11) is 0. The fourth-order valence-electron chi connectivity index (χ4n) is 2.81. The van der Waals surface area contributed by atoms with Crippen LogP contribution in [-0.4, -0.2) is 24.4 Å². The maximum atomic E-state index is 13.6. The SMILES string of the molecule is C[C@@H](Nc1ccc(N2CCCC2=O)cc1)C(=O)Nc1cc(F)ccc1F. The first-order valence-electron chi connectivity index (χ1n) is 8.37. The molecule has 2 aromatic rings. The third-order valence-electron chi connectivity index (χ3n) is 4.22. The molecule has 26 heavy (non-hydrogen) atoms. The molecule has 0 bridgehead atoms. The Bertz CT molecular complexity index is 824. The highest BCUT2D eigenvalue weighted by molar-refractivity contribution is 5.97. The fourth-order valence-corrected chi connectivity index (χ4v) is 2.81. The number of hydrogen-bond acceptors (Lipinski definition) is 3. The van der Waals surface area contributed by atoms with E-state index in [0.717, 1.165) is 30.3 Å². The molecule has 7 heteroatoms. The number of carbonyl (C=O) groups is 2. The molecule has 0 saturated carbocycles. The normalized spacial score (nSPS) is 15.0. The van der Waals surface area contributed by atoms with E-state index >= 15 is 0 Å². The minimum absolute atomic E-state index is 0.107. The van der Waals surface area contributed by atoms with Gasteiger partial charge in [0.25, 0.3) is 0 Å². The van der Waals surface area contributed by atoms with Gasteiger partial charge in [0.15, 0.2) is 0 Å². The predicted molar refractivity (Wildman–Crippen MR) is 96.1 cm³/mol. The molecule has 1 atom stereocenters. The van der Waals surface area contributed by atoms with Crippen LogP contribution in [0.4, 0.5) is 25.8 Å². The second-order valence-electron chi connectivity index (χ2n) is 6.18. The van der Waals surface area contributed by atoms with Gasteiger partial charge in [0.2, 0.25) is 11.8 Å². The molecule has 2 N–H and O–H groups in total. The van der Waals surface area contributed by atoms with Gasteiger partial charge in [-0.15, -0.1) is 0 Å². The van der Waals surface area contributed by atoms with Gasteiger partial charge in [-0.3, -0.25) is 9.59 Å². The van der Waals surface area contributed by atoms with Crippen LogP contribution < -0.4 is 15.5 Å². The first-order chi connectivity index (χ1) is 12.4. The monoisotopic (exact) mass is 359 g/mol. The summed E-state index contributed by atoms with van der Waals surface area (Å²) in [5, 5.41) is 5.36. The number of anilines is 3. The Kier molecular flexibility index (Phi) is 5.16. The van der Waals surface area contributed by atoms with Gasteiger partial charge in [0, 0.05) is 30.4 Å². The fraction of sp³-hybridized carbons (Fsp3) is 0.263. The molecule has 1 aliphatic rings. The van der Waals surface area contributed by atoms with Crippen LogP contribution >= 0.6 is 0 Å². The second kappa shape index (κ2) is 7.51. The molecular weight excluding hydrogens is 340 g/mol. The van der Waals surface area contributed by atoms with Crippen molar-refractivity contribution in [1.82, 2.24) is 0 Å². The average Bonchev–Trinajstić information content (AvgIpc) is 3.04. The Morgan fingerprint density at radius 3 is 2.54 bits per heavy atom. The maximum Gasteiger partial charge on any atom is 0.246 e. The Balaban J connectivity index is 1.62. The van der Waals surface area contributed by atoms with Crippen molar-refractivity contribution in [2.75, 3.05) is 22.1 Å². The van der Waals surface area contributed by atoms with Gasteiger partial charge in [-0.1, -0.05) is 0 Å². The van der Waals surface area contributed by atoms with Crippen molar-refractivity contribution in [3.05, 3.63) is 54.1 Å². The molecule has 0 aliphatic carbocycles. The van der Waals surface area contributed by atoms with E-state index in [2.05, 4.69) is 10.6 Å². The van der Waals surface area contributed by atoms with Gasteiger partial charge in [0.1, 0.15) is 17.7 Å². The molecule has 2 aromatic carbocycles. The van der Waals surface area contributed by atoms with Crippen molar-refractivity contribution >= 4 is 28.9 Å². The number of nitrogens with zero attached hydrogens (tertiary/aromatic N) is 1. The van der Waals surface area contributed by atoms with Gasteiger partial charge in [-0.2, -0.15) is 0 Å². The van der Waals surface area contributed by atoms with Crippen LogP contribution in [0.3, 0.4) is 0 Å². The van der Waals surface area contributed by atoms with E-state index in [0.29, 0.717) is 18.7 Å². The van der Waals surface area contributed by atoms with E-state index in [1.165, 1.54) is 0 Å². The first kappa shape index (κ1) is 17.8. The number of benzene rings is 2. The van der Waals surface area contributed by atoms with Crippen molar-refractivity contribution in [2.24, 2.45) is 0 Å². The van der Waals surface area contributed by atoms with E-state index in [1.54, 1.807) is 24.0 Å². The summed E-state index contributed by atoms with van der Waals surface area (Å²) < 4.78 is 26.8. The van der Waals surface area contributed by atoms with Crippen molar-refractivity contribution in [2.45, 2.75) is 25.8 Å². The van der Waals surface area contributed by atoms with E-state index < -0.39 is 23.6 Å². The van der Waals surface area contributed by atoms with E-state index in [4.69, 9.17) is 0 Å². The molecule has 0 spiro atoms. The lowest BCUT2D eigenvalue weighted by Gasteiger charge is -2.18. The summed E-state index contributed by atoms with van der Waals surface area (Å²) in [6, 6.07) is 9.37. The highest BCUT2D eigenvalue weighted by atomic mass is 19.1. The third-order valence-corrected chi connectivity index (χ3v) is 4.22. The molecule has 3 rings (SSSR count). The topological polar surface area (TPSA) is 61.4 Å². The van der Waals surface area contributed by atoms with E-state index in [1.807, 2.05) is 12.1 Å². The lowest BCUT2D eigenvalue weighted by atomic mass is 10.2. The van der Waals surface area contributed by atoms with Gasteiger partial charge in [0.05, 0.1) is 5.69 Å². The highest BCUT2D eigenvalue weighted by Crippen LogP contribution is 2.23. The molecule has 1 heterocycles. The first-order valence-corrected chi connectivity index (χ1v) is 8.37. The minimum atomic E-state index is -0.702. The number of rotatable bonds is 5. The van der Waals surface area contributed by atoms with E-state index in [9.17, 15) is 18.4 Å². The van der Waals surface area contributed by atoms with Crippen molar-refractivity contribution in [1.29, 1.82) is 0 Å². The standard InChI is InChI=1S/C19H19F2N3O2/c1-12(19(26)23-17-11-13(20)4-9-16(17)21)22-14-5-7-15(8-6-14)24-10-2-3-18(24)25/h4-9,11-12,22H,2-3,10H2,1H3,(H,23,26)/t12-/m1/s1. The third kappa shape index (κ3) is 3.99. The second-order valence-corrected chi connectivity index (χ2v) is 6.18. The number of carbonyl (C=O) groups excluding carboxylic acids is 2. The summed E-state index contributed by atoms with van der Waals surface area (Å²) in [4.78, 5) is 25.7.